The minimum Gasteiger partial charge on any atom is -0.493 e. The van der Waals surface area contributed by atoms with E-state index in [0.29, 0.717) is 11.7 Å². The lowest BCUT2D eigenvalue weighted by atomic mass is 9.79. The van der Waals surface area contributed by atoms with Crippen LogP contribution in [-0.2, 0) is 5.41 Å². The Morgan fingerprint density at radius 2 is 1.78 bits per heavy atom. The zero-order chi connectivity index (χ0) is 13.9. The molecule has 18 heavy (non-hydrogen) atoms. The van der Waals surface area contributed by atoms with E-state index in [1.807, 2.05) is 19.9 Å². The number of aliphatic hydroxyl groups excluding tert-OH is 1. The monoisotopic (exact) mass is 252 g/mol. The van der Waals surface area contributed by atoms with Crippen molar-refractivity contribution in [2.45, 2.75) is 39.0 Å². The Labute approximate surface area is 110 Å². The van der Waals surface area contributed by atoms with Gasteiger partial charge in [-0.2, -0.15) is 0 Å². The third-order valence-corrected chi connectivity index (χ3v) is 3.27. The molecule has 0 saturated carbocycles. The van der Waals surface area contributed by atoms with E-state index in [2.05, 4.69) is 19.9 Å². The summed E-state index contributed by atoms with van der Waals surface area (Å²) in [6.45, 7) is 8.36. The van der Waals surface area contributed by atoms with Gasteiger partial charge in [-0.05, 0) is 17.5 Å². The molecule has 0 aliphatic carbocycles. The van der Waals surface area contributed by atoms with Crippen molar-refractivity contribution in [1.29, 1.82) is 0 Å². The second kappa shape index (κ2) is 5.61. The van der Waals surface area contributed by atoms with Gasteiger partial charge in [0.2, 0.25) is 0 Å². The summed E-state index contributed by atoms with van der Waals surface area (Å²) >= 11 is 0. The van der Waals surface area contributed by atoms with Gasteiger partial charge in [0.1, 0.15) is 0 Å². The molecule has 0 aliphatic rings. The van der Waals surface area contributed by atoms with Gasteiger partial charge in [0, 0.05) is 11.0 Å². The smallest absolute Gasteiger partial charge is 0.164 e. The Morgan fingerprint density at radius 1 is 1.17 bits per heavy atom. The molecule has 0 radical (unpaired) electrons. The highest BCUT2D eigenvalue weighted by Crippen LogP contribution is 2.42. The number of benzene rings is 1. The number of hydrogen-bond donors (Lipinski definition) is 1. The van der Waals surface area contributed by atoms with Crippen LogP contribution in [0.4, 0.5) is 0 Å². The fraction of sp³-hybridized carbons (Fsp3) is 0.600. The summed E-state index contributed by atoms with van der Waals surface area (Å²) in [5.41, 5.74) is 1.85. The van der Waals surface area contributed by atoms with Gasteiger partial charge in [-0.15, -0.1) is 0 Å². The van der Waals surface area contributed by atoms with E-state index in [4.69, 9.17) is 9.47 Å². The Balaban J connectivity index is 3.58. The standard InChI is InChI=1S/C15H24O3/c1-10(2)11-7-8-12(17-5)14(18-6)13(11)15(3,4)9-16/h7-8,10,16H,9H2,1-6H3. The molecule has 0 aliphatic heterocycles. The largest absolute Gasteiger partial charge is 0.493 e. The van der Waals surface area contributed by atoms with Crippen molar-refractivity contribution in [1.82, 2.24) is 0 Å². The van der Waals surface area contributed by atoms with E-state index in [9.17, 15) is 5.11 Å². The summed E-state index contributed by atoms with van der Waals surface area (Å²) < 4.78 is 10.9. The average molecular weight is 252 g/mol. The molecule has 0 fully saturated rings. The minimum atomic E-state index is -0.362. The minimum absolute atomic E-state index is 0.0657. The number of hydrogen-bond acceptors (Lipinski definition) is 3. The van der Waals surface area contributed by atoms with E-state index in [1.54, 1.807) is 14.2 Å². The fourth-order valence-corrected chi connectivity index (χ4v) is 2.20. The predicted molar refractivity (Wildman–Crippen MR) is 73.7 cm³/mol. The molecular weight excluding hydrogens is 228 g/mol. The molecule has 0 amide bonds. The van der Waals surface area contributed by atoms with Crippen LogP contribution in [0, 0.1) is 0 Å². The Bertz CT molecular complexity index is 408. The highest BCUT2D eigenvalue weighted by atomic mass is 16.5. The van der Waals surface area contributed by atoms with Crippen LogP contribution in [-0.4, -0.2) is 25.9 Å². The van der Waals surface area contributed by atoms with E-state index in [-0.39, 0.29) is 12.0 Å². The topological polar surface area (TPSA) is 38.7 Å². The number of rotatable bonds is 5. The number of methoxy groups -OCH3 is 2. The Hall–Kier alpha value is -1.22. The summed E-state index contributed by atoms with van der Waals surface area (Å²) in [7, 11) is 3.27. The molecule has 1 rings (SSSR count). The summed E-state index contributed by atoms with van der Waals surface area (Å²) in [5.74, 6) is 1.80. The van der Waals surface area contributed by atoms with Crippen molar-refractivity contribution >= 4 is 0 Å². The fourth-order valence-electron chi connectivity index (χ4n) is 2.20. The molecule has 0 spiro atoms. The van der Waals surface area contributed by atoms with Crippen LogP contribution >= 0.6 is 0 Å². The lowest BCUT2D eigenvalue weighted by Gasteiger charge is -2.30. The van der Waals surface area contributed by atoms with Crippen LogP contribution in [0.25, 0.3) is 0 Å². The van der Waals surface area contributed by atoms with Crippen LogP contribution in [0.2, 0.25) is 0 Å². The van der Waals surface area contributed by atoms with Gasteiger partial charge >= 0.3 is 0 Å². The van der Waals surface area contributed by atoms with E-state index in [1.165, 1.54) is 5.56 Å². The highest BCUT2D eigenvalue weighted by molar-refractivity contribution is 5.55. The highest BCUT2D eigenvalue weighted by Gasteiger charge is 2.29. The van der Waals surface area contributed by atoms with Gasteiger partial charge in [-0.25, -0.2) is 0 Å². The van der Waals surface area contributed by atoms with Crippen molar-refractivity contribution in [3.8, 4) is 11.5 Å². The summed E-state index contributed by atoms with van der Waals surface area (Å²) in [6, 6.07) is 3.98. The summed E-state index contributed by atoms with van der Waals surface area (Å²) in [5, 5.41) is 9.64. The molecule has 3 heteroatoms. The van der Waals surface area contributed by atoms with Gasteiger partial charge in [0.25, 0.3) is 0 Å². The first kappa shape index (κ1) is 14.8. The normalized spacial score (nSPS) is 11.8. The third kappa shape index (κ3) is 2.61. The summed E-state index contributed by atoms with van der Waals surface area (Å²) in [4.78, 5) is 0. The van der Waals surface area contributed by atoms with Gasteiger partial charge < -0.3 is 14.6 Å². The van der Waals surface area contributed by atoms with Crippen molar-refractivity contribution in [2.75, 3.05) is 20.8 Å². The molecule has 0 unspecified atom stereocenters. The maximum atomic E-state index is 9.64. The zero-order valence-corrected chi connectivity index (χ0v) is 12.2. The van der Waals surface area contributed by atoms with Gasteiger partial charge in [0.05, 0.1) is 20.8 Å². The second-order valence-electron chi connectivity index (χ2n) is 5.46. The van der Waals surface area contributed by atoms with E-state index < -0.39 is 0 Å². The molecule has 102 valence electrons. The third-order valence-electron chi connectivity index (χ3n) is 3.27. The van der Waals surface area contributed by atoms with E-state index >= 15 is 0 Å². The van der Waals surface area contributed by atoms with E-state index in [0.717, 1.165) is 11.3 Å². The molecule has 1 aromatic carbocycles. The molecule has 1 aromatic rings. The van der Waals surface area contributed by atoms with Crippen molar-refractivity contribution in [2.24, 2.45) is 0 Å². The number of ether oxygens (including phenoxy) is 2. The summed E-state index contributed by atoms with van der Waals surface area (Å²) in [6.07, 6.45) is 0. The first-order valence-electron chi connectivity index (χ1n) is 6.25. The quantitative estimate of drug-likeness (QED) is 0.875. The number of aliphatic hydroxyl groups is 1. The SMILES string of the molecule is COc1ccc(C(C)C)c(C(C)(C)CO)c1OC. The van der Waals surface area contributed by atoms with Crippen LogP contribution in [0.1, 0.15) is 44.7 Å². The lowest BCUT2D eigenvalue weighted by molar-refractivity contribution is 0.212. The lowest BCUT2D eigenvalue weighted by Crippen LogP contribution is -2.25. The molecule has 0 heterocycles. The van der Waals surface area contributed by atoms with Crippen molar-refractivity contribution < 1.29 is 14.6 Å². The predicted octanol–water partition coefficient (Wildman–Crippen LogP) is 3.10. The van der Waals surface area contributed by atoms with Crippen molar-refractivity contribution in [3.05, 3.63) is 23.3 Å². The maximum absolute atomic E-state index is 9.64. The van der Waals surface area contributed by atoms with Crippen LogP contribution in [0.15, 0.2) is 12.1 Å². The molecule has 3 nitrogen and oxygen atoms in total. The van der Waals surface area contributed by atoms with Crippen molar-refractivity contribution in [3.63, 3.8) is 0 Å². The molecule has 1 N–H and O–H groups in total. The molecule has 0 aromatic heterocycles. The van der Waals surface area contributed by atoms with Crippen LogP contribution < -0.4 is 9.47 Å². The van der Waals surface area contributed by atoms with Crippen LogP contribution in [0.3, 0.4) is 0 Å². The molecule has 0 saturated heterocycles. The van der Waals surface area contributed by atoms with Gasteiger partial charge in [-0.3, -0.25) is 0 Å². The average Bonchev–Trinajstić information content (AvgIpc) is 2.36. The molecular formula is C15H24O3. The van der Waals surface area contributed by atoms with Gasteiger partial charge in [-0.1, -0.05) is 33.8 Å². The Morgan fingerprint density at radius 3 is 2.17 bits per heavy atom. The Kier molecular flexibility index (Phi) is 4.63. The van der Waals surface area contributed by atoms with Crippen LogP contribution in [0.5, 0.6) is 11.5 Å². The first-order valence-corrected chi connectivity index (χ1v) is 6.25. The first-order chi connectivity index (χ1) is 8.38. The second-order valence-corrected chi connectivity index (χ2v) is 5.46. The molecule has 0 bridgehead atoms. The molecule has 0 atom stereocenters. The zero-order valence-electron chi connectivity index (χ0n) is 12.2. The van der Waals surface area contributed by atoms with Gasteiger partial charge in [0.15, 0.2) is 11.5 Å². The maximum Gasteiger partial charge on any atom is 0.164 e.